The number of aryl methyl sites for hydroxylation is 1. The van der Waals surface area contributed by atoms with E-state index in [2.05, 4.69) is 23.2 Å². The minimum absolute atomic E-state index is 0.0185. The van der Waals surface area contributed by atoms with Gasteiger partial charge in [0.15, 0.2) is 0 Å². The van der Waals surface area contributed by atoms with E-state index >= 15 is 0 Å². The van der Waals surface area contributed by atoms with Crippen molar-refractivity contribution in [3.05, 3.63) is 41.1 Å². The lowest BCUT2D eigenvalue weighted by atomic mass is 9.77. The monoisotopic (exact) mass is 298 g/mol. The lowest BCUT2D eigenvalue weighted by Gasteiger charge is -2.27. The predicted octanol–water partition coefficient (Wildman–Crippen LogP) is 2.45. The van der Waals surface area contributed by atoms with Crippen LogP contribution in [0.4, 0.5) is 0 Å². The van der Waals surface area contributed by atoms with E-state index in [-0.39, 0.29) is 17.3 Å². The Bertz CT molecular complexity index is 663. The number of allylic oxidation sites excluding steroid dienone is 1. The van der Waals surface area contributed by atoms with E-state index in [1.807, 2.05) is 0 Å². The van der Waals surface area contributed by atoms with Gasteiger partial charge in [-0.05, 0) is 42.4 Å². The molecule has 1 saturated carbocycles. The van der Waals surface area contributed by atoms with Gasteiger partial charge in [-0.25, -0.2) is 0 Å². The normalized spacial score (nSPS) is 27.0. The summed E-state index contributed by atoms with van der Waals surface area (Å²) in [4.78, 5) is 15.9. The summed E-state index contributed by atoms with van der Waals surface area (Å²) in [6.07, 6.45) is 7.53. The van der Waals surface area contributed by atoms with Crippen molar-refractivity contribution in [2.45, 2.75) is 31.1 Å². The van der Waals surface area contributed by atoms with Gasteiger partial charge < -0.3 is 10.5 Å². The van der Waals surface area contributed by atoms with E-state index in [1.165, 1.54) is 18.2 Å². The summed E-state index contributed by atoms with van der Waals surface area (Å²) in [5.74, 6) is -0.0401. The Morgan fingerprint density at radius 1 is 1.50 bits per heavy atom. The number of hydrogen-bond donors (Lipinski definition) is 1. The van der Waals surface area contributed by atoms with E-state index in [1.54, 1.807) is 19.5 Å². The summed E-state index contributed by atoms with van der Waals surface area (Å²) >= 11 is 0. The van der Waals surface area contributed by atoms with Crippen LogP contribution in [0, 0.1) is 5.92 Å². The Hall–Kier alpha value is -2.10. The van der Waals surface area contributed by atoms with Gasteiger partial charge in [-0.1, -0.05) is 18.2 Å². The average molecular weight is 298 g/mol. The third kappa shape index (κ3) is 2.23. The van der Waals surface area contributed by atoms with Crippen LogP contribution in [0.1, 0.15) is 36.0 Å². The summed E-state index contributed by atoms with van der Waals surface area (Å²) < 4.78 is 4.95. The van der Waals surface area contributed by atoms with Crippen molar-refractivity contribution >= 4 is 17.8 Å². The summed E-state index contributed by atoms with van der Waals surface area (Å²) in [5, 5.41) is 0. The molecule has 1 aromatic carbocycles. The third-order valence-corrected chi connectivity index (χ3v) is 5.05. The zero-order valence-corrected chi connectivity index (χ0v) is 13.1. The van der Waals surface area contributed by atoms with Crippen molar-refractivity contribution in [1.29, 1.82) is 0 Å². The van der Waals surface area contributed by atoms with Gasteiger partial charge in [0.25, 0.3) is 0 Å². The highest BCUT2D eigenvalue weighted by molar-refractivity contribution is 6.09. The lowest BCUT2D eigenvalue weighted by molar-refractivity contribution is -0.142. The minimum Gasteiger partial charge on any atom is -0.469 e. The van der Waals surface area contributed by atoms with Crippen molar-refractivity contribution in [2.75, 3.05) is 14.2 Å². The van der Waals surface area contributed by atoms with E-state index < -0.39 is 0 Å². The van der Waals surface area contributed by atoms with Crippen LogP contribution in [0.3, 0.4) is 0 Å². The van der Waals surface area contributed by atoms with Crippen LogP contribution in [-0.4, -0.2) is 26.3 Å². The van der Waals surface area contributed by atoms with Gasteiger partial charge in [0.05, 0.1) is 13.0 Å². The van der Waals surface area contributed by atoms with Gasteiger partial charge in [-0.3, -0.25) is 9.79 Å². The van der Waals surface area contributed by atoms with Crippen LogP contribution in [0.5, 0.6) is 0 Å². The molecule has 1 spiro atoms. The molecule has 2 unspecified atom stereocenters. The number of rotatable bonds is 3. The van der Waals surface area contributed by atoms with Gasteiger partial charge in [-0.15, -0.1) is 0 Å². The van der Waals surface area contributed by atoms with Crippen LogP contribution >= 0.6 is 0 Å². The van der Waals surface area contributed by atoms with Crippen LogP contribution in [0.25, 0.3) is 5.57 Å². The molecule has 22 heavy (non-hydrogen) atoms. The van der Waals surface area contributed by atoms with Crippen molar-refractivity contribution in [3.63, 3.8) is 0 Å². The maximum absolute atomic E-state index is 11.9. The molecule has 1 aromatic rings. The molecule has 2 atom stereocenters. The van der Waals surface area contributed by atoms with Crippen LogP contribution < -0.4 is 5.73 Å². The zero-order chi connectivity index (χ0) is 15.7. The number of ether oxygens (including phenoxy) is 1. The third-order valence-electron chi connectivity index (χ3n) is 5.05. The molecule has 0 heterocycles. The number of carbonyl (C=O) groups excluding carboxylic acids is 1. The van der Waals surface area contributed by atoms with Gasteiger partial charge in [0.1, 0.15) is 0 Å². The first kappa shape index (κ1) is 14.8. The number of esters is 1. The highest BCUT2D eigenvalue weighted by Crippen LogP contribution is 2.60. The number of nitrogens with zero attached hydrogens (tertiary/aromatic N) is 1. The molecule has 116 valence electrons. The number of methoxy groups -OCH3 is 1. The van der Waals surface area contributed by atoms with Gasteiger partial charge in [0, 0.05) is 30.5 Å². The van der Waals surface area contributed by atoms with E-state index in [0.29, 0.717) is 0 Å². The number of fused-ring (bicyclic) bond motifs is 2. The lowest BCUT2D eigenvalue weighted by Crippen LogP contribution is -2.22. The second kappa shape index (κ2) is 5.59. The highest BCUT2D eigenvalue weighted by Gasteiger charge is 2.60. The Morgan fingerprint density at radius 2 is 2.32 bits per heavy atom. The molecule has 4 nitrogen and oxygen atoms in total. The quantitative estimate of drug-likeness (QED) is 0.688. The molecule has 3 rings (SSSR count). The minimum atomic E-state index is -0.0717. The molecule has 4 heteroatoms. The van der Waals surface area contributed by atoms with Gasteiger partial charge in [0.2, 0.25) is 0 Å². The molecule has 2 N–H and O–H groups in total. The Balaban J connectivity index is 1.96. The van der Waals surface area contributed by atoms with Crippen molar-refractivity contribution < 1.29 is 9.53 Å². The standard InChI is InChI=1S/C18H22N2O2/c1-20-11-14(10-19)12-5-6-15-13(8-12)4-3-7-18(15)9-16(18)17(21)22-2/h5-6,8,10-11,16H,3-4,7,9,19H2,1-2H3. The Morgan fingerprint density at radius 3 is 3.00 bits per heavy atom. The summed E-state index contributed by atoms with van der Waals surface area (Å²) in [6.45, 7) is 0. The molecule has 0 aromatic heterocycles. The van der Waals surface area contributed by atoms with Crippen LogP contribution in [0.2, 0.25) is 0 Å². The maximum Gasteiger partial charge on any atom is 0.309 e. The van der Waals surface area contributed by atoms with Crippen LogP contribution in [0.15, 0.2) is 29.4 Å². The maximum atomic E-state index is 11.9. The highest BCUT2D eigenvalue weighted by atomic mass is 16.5. The van der Waals surface area contributed by atoms with Crippen molar-refractivity contribution in [3.8, 4) is 0 Å². The first-order valence-electron chi connectivity index (χ1n) is 7.72. The largest absolute Gasteiger partial charge is 0.469 e. The summed E-state index contributed by atoms with van der Waals surface area (Å²) in [7, 11) is 3.21. The van der Waals surface area contributed by atoms with Gasteiger partial charge in [-0.2, -0.15) is 0 Å². The topological polar surface area (TPSA) is 64.7 Å². The van der Waals surface area contributed by atoms with Crippen molar-refractivity contribution in [2.24, 2.45) is 16.6 Å². The fourth-order valence-electron chi connectivity index (χ4n) is 3.88. The average Bonchev–Trinajstić information content (AvgIpc) is 3.26. The first-order chi connectivity index (χ1) is 10.7. The Kier molecular flexibility index (Phi) is 3.77. The molecule has 0 bridgehead atoms. The molecule has 0 radical (unpaired) electrons. The first-order valence-corrected chi connectivity index (χ1v) is 7.72. The number of aliphatic imine (C=N–C) groups is 1. The summed E-state index contributed by atoms with van der Waals surface area (Å²) in [6, 6.07) is 6.45. The molecule has 1 fully saturated rings. The smallest absolute Gasteiger partial charge is 0.309 e. The number of hydrogen-bond acceptors (Lipinski definition) is 4. The number of carbonyl (C=O) groups is 1. The SMILES string of the molecule is CN=CC(=CN)c1ccc2c(c1)CCCC21CC1C(=O)OC. The van der Waals surface area contributed by atoms with Crippen LogP contribution in [-0.2, 0) is 21.4 Å². The Labute approximate surface area is 131 Å². The fourth-order valence-corrected chi connectivity index (χ4v) is 3.88. The molecular weight excluding hydrogens is 276 g/mol. The molecule has 0 amide bonds. The van der Waals surface area contributed by atoms with E-state index in [4.69, 9.17) is 10.5 Å². The molecule has 0 aliphatic heterocycles. The van der Waals surface area contributed by atoms with E-state index in [9.17, 15) is 4.79 Å². The number of benzene rings is 1. The molecule has 0 saturated heterocycles. The molecule has 2 aliphatic rings. The van der Waals surface area contributed by atoms with E-state index in [0.717, 1.165) is 36.8 Å². The summed E-state index contributed by atoms with van der Waals surface area (Å²) in [5.41, 5.74) is 10.4. The zero-order valence-electron chi connectivity index (χ0n) is 13.1. The fraction of sp³-hybridized carbons (Fsp3) is 0.444. The second-order valence-electron chi connectivity index (χ2n) is 6.17. The number of nitrogens with two attached hydrogens (primary N) is 1. The molecule has 2 aliphatic carbocycles. The second-order valence-corrected chi connectivity index (χ2v) is 6.17. The van der Waals surface area contributed by atoms with Crippen molar-refractivity contribution in [1.82, 2.24) is 0 Å². The molecular formula is C18H22N2O2. The predicted molar refractivity (Wildman–Crippen MR) is 87.8 cm³/mol. The van der Waals surface area contributed by atoms with Gasteiger partial charge >= 0.3 is 5.97 Å².